The van der Waals surface area contributed by atoms with Gasteiger partial charge in [-0.25, -0.2) is 0 Å². The van der Waals surface area contributed by atoms with Gasteiger partial charge < -0.3 is 32.3 Å². The second-order valence-corrected chi connectivity index (χ2v) is 34.6. The molecule has 1 aliphatic heterocycles. The van der Waals surface area contributed by atoms with Gasteiger partial charge in [0.2, 0.25) is 5.79 Å². The van der Waals surface area contributed by atoms with E-state index in [-0.39, 0.29) is 12.4 Å². The Kier molecular flexibility index (Phi) is 13.2. The van der Waals surface area contributed by atoms with E-state index in [1.165, 1.54) is 12.1 Å². The third kappa shape index (κ3) is 12.9. The molecule has 0 aliphatic carbocycles. The van der Waals surface area contributed by atoms with Crippen LogP contribution in [0.15, 0.2) is 42.5 Å². The van der Waals surface area contributed by atoms with E-state index in [0.29, 0.717) is 22.6 Å². The number of benzene rings is 2. The van der Waals surface area contributed by atoms with Crippen molar-refractivity contribution in [1.82, 2.24) is 0 Å². The number of hydrogen-bond donors (Lipinski definition) is 1. The van der Waals surface area contributed by atoms with Crippen LogP contribution in [0.3, 0.4) is 0 Å². The van der Waals surface area contributed by atoms with Crippen molar-refractivity contribution in [3.63, 3.8) is 0 Å². The van der Waals surface area contributed by atoms with E-state index in [1.54, 1.807) is 30.3 Å². The van der Waals surface area contributed by atoms with Gasteiger partial charge in [0, 0.05) is 10.6 Å². The van der Waals surface area contributed by atoms with Gasteiger partial charge in [-0.15, -0.1) is 0 Å². The van der Waals surface area contributed by atoms with Crippen molar-refractivity contribution in [2.75, 3.05) is 13.2 Å². The summed E-state index contributed by atoms with van der Waals surface area (Å²) < 4.78 is 76.5. The smallest absolute Gasteiger partial charge is 0.422 e. The van der Waals surface area contributed by atoms with Gasteiger partial charge in [-0.2, -0.15) is 13.2 Å². The Morgan fingerprint density at radius 3 is 1.81 bits per heavy atom. The quantitative estimate of drug-likeness (QED) is 0.193. The van der Waals surface area contributed by atoms with Crippen LogP contribution < -0.4 is 4.74 Å². The normalized spacial score (nSPS) is 24.5. The number of rotatable bonds is 14. The van der Waals surface area contributed by atoms with Gasteiger partial charge in [0.1, 0.15) is 30.2 Å². The highest BCUT2D eigenvalue weighted by atomic mass is 35.5. The molecule has 5 atom stereocenters. The lowest BCUT2D eigenvalue weighted by Crippen LogP contribution is -2.69. The van der Waals surface area contributed by atoms with Crippen molar-refractivity contribution in [1.29, 1.82) is 0 Å². The zero-order valence-corrected chi connectivity index (χ0v) is 35.1. The molecule has 272 valence electrons. The van der Waals surface area contributed by atoms with E-state index in [0.717, 1.165) is 5.56 Å². The predicted molar refractivity (Wildman–Crippen MR) is 195 cm³/mol. The zero-order valence-electron chi connectivity index (χ0n) is 30.4. The summed E-state index contributed by atoms with van der Waals surface area (Å²) in [6.45, 7) is 24.0. The molecule has 7 nitrogen and oxygen atoms in total. The SMILES string of the molecule is C[Si](C)(C)OC[C@H]1O[C@@](O)(c2ccc(Cl)c(Cc3ccc(OCC(F)(F)F)cc3)c2)[C@H](O[Si](C)(C)C)[C@@H](O[Si](C)(C)C)[C@@H]1O[Si](C)(C)C. The molecule has 1 fully saturated rings. The van der Waals surface area contributed by atoms with Crippen LogP contribution in [0.4, 0.5) is 13.2 Å². The average molecular weight is 768 g/mol. The largest absolute Gasteiger partial charge is 0.484 e. The fourth-order valence-electron chi connectivity index (χ4n) is 5.30. The van der Waals surface area contributed by atoms with Crippen LogP contribution in [0.25, 0.3) is 0 Å². The fraction of sp³-hybridized carbons (Fsp3) is 0.636. The van der Waals surface area contributed by atoms with Gasteiger partial charge in [-0.1, -0.05) is 29.8 Å². The summed E-state index contributed by atoms with van der Waals surface area (Å²) in [6.07, 6.45) is -6.89. The first-order chi connectivity index (χ1) is 21.6. The zero-order chi connectivity index (χ0) is 36.5. The molecule has 1 aliphatic rings. The van der Waals surface area contributed by atoms with Crippen LogP contribution in [0.2, 0.25) is 83.6 Å². The molecule has 3 rings (SSSR count). The van der Waals surface area contributed by atoms with Gasteiger partial charge >= 0.3 is 6.18 Å². The van der Waals surface area contributed by atoms with Crippen molar-refractivity contribution in [3.8, 4) is 5.75 Å². The van der Waals surface area contributed by atoms with E-state index in [4.69, 9.17) is 38.8 Å². The Morgan fingerprint density at radius 1 is 0.771 bits per heavy atom. The summed E-state index contributed by atoms with van der Waals surface area (Å²) in [4.78, 5) is 0. The molecule has 0 saturated carbocycles. The summed E-state index contributed by atoms with van der Waals surface area (Å²) in [5.41, 5.74) is 1.94. The topological polar surface area (TPSA) is 75.6 Å². The molecule has 2 aromatic rings. The number of alkyl halides is 3. The van der Waals surface area contributed by atoms with E-state index in [1.807, 2.05) is 0 Å². The number of aliphatic hydroxyl groups is 1. The fourth-order valence-corrected chi connectivity index (χ4v) is 9.38. The lowest BCUT2D eigenvalue weighted by molar-refractivity contribution is -0.348. The summed E-state index contributed by atoms with van der Waals surface area (Å²) in [5.74, 6) is -1.84. The minimum absolute atomic E-state index is 0.113. The highest BCUT2D eigenvalue weighted by Crippen LogP contribution is 2.44. The standard InChI is InChI=1S/C33H54ClF3O7Si4/c1-45(2,3)40-21-28-29(42-46(4,5)6)30(43-47(7,8)9)31(44-48(10,11)12)33(38,41-28)25-15-18-27(34)24(20-25)19-23-13-16-26(17-14-23)39-22-32(35,36)37/h13-18,20,28-31,38H,19,21-22H2,1-12H3/t28-,29-,30+,31-,33+/m1/s1. The average Bonchev–Trinajstić information content (AvgIpc) is 2.89. The molecule has 48 heavy (non-hydrogen) atoms. The molecule has 1 saturated heterocycles. The summed E-state index contributed by atoms with van der Waals surface area (Å²) in [5, 5.41) is 13.3. The van der Waals surface area contributed by atoms with Crippen molar-refractivity contribution in [2.24, 2.45) is 0 Å². The highest BCUT2D eigenvalue weighted by molar-refractivity contribution is 6.71. The maximum absolute atomic E-state index is 12.9. The van der Waals surface area contributed by atoms with Crippen LogP contribution in [-0.4, -0.2) is 82.2 Å². The molecule has 1 N–H and O–H groups in total. The van der Waals surface area contributed by atoms with E-state index < -0.39 is 76.3 Å². The van der Waals surface area contributed by atoms with Crippen LogP contribution in [0.5, 0.6) is 5.75 Å². The van der Waals surface area contributed by atoms with Gasteiger partial charge in [0.05, 0.1) is 6.61 Å². The lowest BCUT2D eigenvalue weighted by atomic mass is 9.87. The second kappa shape index (κ2) is 15.3. The Morgan fingerprint density at radius 2 is 1.31 bits per heavy atom. The maximum Gasteiger partial charge on any atom is 0.422 e. The van der Waals surface area contributed by atoms with Crippen molar-refractivity contribution < 1.29 is 45.5 Å². The van der Waals surface area contributed by atoms with Gasteiger partial charge in [-0.05, 0) is 120 Å². The monoisotopic (exact) mass is 766 g/mol. The second-order valence-electron chi connectivity index (χ2n) is 16.3. The molecule has 2 aromatic carbocycles. The number of hydrogen-bond acceptors (Lipinski definition) is 7. The molecule has 0 aromatic heterocycles. The molecule has 0 bridgehead atoms. The maximum atomic E-state index is 12.9. The molecule has 0 unspecified atom stereocenters. The minimum Gasteiger partial charge on any atom is -0.484 e. The van der Waals surface area contributed by atoms with Crippen LogP contribution >= 0.6 is 11.6 Å². The van der Waals surface area contributed by atoms with Crippen LogP contribution in [0, 0.1) is 0 Å². The Balaban J connectivity index is 2.12. The van der Waals surface area contributed by atoms with Crippen molar-refractivity contribution in [3.05, 3.63) is 64.2 Å². The molecule has 0 radical (unpaired) electrons. The van der Waals surface area contributed by atoms with Gasteiger partial charge in [0.25, 0.3) is 0 Å². The summed E-state index contributed by atoms with van der Waals surface area (Å²) in [7, 11) is -8.75. The van der Waals surface area contributed by atoms with Gasteiger partial charge in [-0.3, -0.25) is 0 Å². The number of halogens is 4. The minimum atomic E-state index is -4.43. The van der Waals surface area contributed by atoms with E-state index in [9.17, 15) is 18.3 Å². The molecule has 15 heteroatoms. The molecule has 1 heterocycles. The highest BCUT2D eigenvalue weighted by Gasteiger charge is 2.59. The van der Waals surface area contributed by atoms with Crippen molar-refractivity contribution >= 4 is 44.9 Å². The van der Waals surface area contributed by atoms with E-state index in [2.05, 4.69) is 78.6 Å². The third-order valence-electron chi connectivity index (χ3n) is 7.03. The molecule has 0 spiro atoms. The number of ether oxygens (including phenoxy) is 2. The molecule has 0 amide bonds. The molecular weight excluding hydrogens is 713 g/mol. The Labute approximate surface area is 293 Å². The van der Waals surface area contributed by atoms with Crippen molar-refractivity contribution in [2.45, 2.75) is 121 Å². The first-order valence-electron chi connectivity index (χ1n) is 16.3. The summed E-state index contributed by atoms with van der Waals surface area (Å²) >= 11 is 6.70. The lowest BCUT2D eigenvalue weighted by Gasteiger charge is -2.54. The first-order valence-corrected chi connectivity index (χ1v) is 30.3. The van der Waals surface area contributed by atoms with Crippen LogP contribution in [-0.2, 0) is 34.6 Å². The Hall–Kier alpha value is -1.05. The first kappa shape index (κ1) is 41.4. The van der Waals surface area contributed by atoms with E-state index >= 15 is 0 Å². The van der Waals surface area contributed by atoms with Crippen LogP contribution in [0.1, 0.15) is 16.7 Å². The van der Waals surface area contributed by atoms with Gasteiger partial charge in [0.15, 0.2) is 39.9 Å². The molecular formula is C33H54ClF3O7Si4. The third-order valence-corrected chi connectivity index (χ3v) is 11.3. The predicted octanol–water partition coefficient (Wildman–Crippen LogP) is 8.93. The Bertz CT molecular complexity index is 1360. The summed E-state index contributed by atoms with van der Waals surface area (Å²) in [6, 6.07) is 11.6.